The number of benzene rings is 1. The first-order valence-corrected chi connectivity index (χ1v) is 11.3. The number of aromatic nitrogens is 3. The Bertz CT molecular complexity index is 1030. The minimum absolute atomic E-state index is 0.162. The Kier molecular flexibility index (Phi) is 7.11. The molecule has 10 heteroatoms. The molecule has 158 valence electrons. The smallest absolute Gasteiger partial charge is 0.341 e. The molecule has 3 rings (SSSR count). The number of amides is 1. The maximum atomic E-state index is 13.0. The minimum Gasteiger partial charge on any atom is -0.462 e. The quantitative estimate of drug-likeness (QED) is 0.397. The molecule has 0 saturated heterocycles. The molecule has 0 radical (unpaired) electrons. The predicted molar refractivity (Wildman–Crippen MR) is 120 cm³/mol. The fraction of sp³-hybridized carbons (Fsp3) is 0.300. The van der Waals surface area contributed by atoms with Crippen molar-refractivity contribution in [3.8, 4) is 11.1 Å². The number of hydrogen-bond donors (Lipinski definition) is 2. The molecule has 0 fully saturated rings. The third kappa shape index (κ3) is 4.49. The highest BCUT2D eigenvalue weighted by atomic mass is 32.2. The number of thioether (sulfide) groups is 1. The Balaban J connectivity index is 1.93. The normalized spacial score (nSPS) is 11.8. The largest absolute Gasteiger partial charge is 0.462 e. The molecule has 0 aliphatic carbocycles. The van der Waals surface area contributed by atoms with Gasteiger partial charge in [-0.25, -0.2) is 4.79 Å². The van der Waals surface area contributed by atoms with Gasteiger partial charge in [-0.15, -0.1) is 21.5 Å². The highest BCUT2D eigenvalue weighted by Gasteiger charge is 2.26. The summed E-state index contributed by atoms with van der Waals surface area (Å²) in [5.41, 5.74) is 7.85. The predicted octanol–water partition coefficient (Wildman–Crippen LogP) is 4.08. The zero-order chi connectivity index (χ0) is 21.7. The lowest BCUT2D eigenvalue weighted by Crippen LogP contribution is -2.25. The van der Waals surface area contributed by atoms with Crippen LogP contribution in [0.3, 0.4) is 0 Å². The molecule has 1 amide bonds. The molecule has 3 N–H and O–H groups in total. The molecular formula is C20H23N5O3S2. The van der Waals surface area contributed by atoms with Gasteiger partial charge in [-0.1, -0.05) is 49.0 Å². The summed E-state index contributed by atoms with van der Waals surface area (Å²) >= 11 is 2.73. The fourth-order valence-electron chi connectivity index (χ4n) is 2.90. The Labute approximate surface area is 182 Å². The summed E-state index contributed by atoms with van der Waals surface area (Å²) in [6.07, 6.45) is 0. The molecule has 1 unspecified atom stereocenters. The summed E-state index contributed by atoms with van der Waals surface area (Å²) in [6.45, 7) is 5.67. The number of esters is 1. The van der Waals surface area contributed by atoms with Gasteiger partial charge < -0.3 is 15.8 Å². The third-order valence-electron chi connectivity index (χ3n) is 4.32. The van der Waals surface area contributed by atoms with Crippen LogP contribution >= 0.6 is 23.1 Å². The highest BCUT2D eigenvalue weighted by Crippen LogP contribution is 2.36. The van der Waals surface area contributed by atoms with Crippen LogP contribution in [0.15, 0.2) is 40.9 Å². The molecule has 2 heterocycles. The number of nitrogens with zero attached hydrogens (tertiary/aromatic N) is 3. The highest BCUT2D eigenvalue weighted by molar-refractivity contribution is 7.99. The van der Waals surface area contributed by atoms with Gasteiger partial charge in [-0.05, 0) is 25.2 Å². The number of thiophene rings is 1. The van der Waals surface area contributed by atoms with E-state index in [1.54, 1.807) is 18.4 Å². The Morgan fingerprint density at radius 3 is 2.67 bits per heavy atom. The number of nitrogens with one attached hydrogen (secondary N) is 1. The van der Waals surface area contributed by atoms with E-state index in [-0.39, 0.29) is 18.5 Å². The van der Waals surface area contributed by atoms with E-state index in [9.17, 15) is 9.59 Å². The van der Waals surface area contributed by atoms with Gasteiger partial charge in [0.25, 0.3) is 0 Å². The lowest BCUT2D eigenvalue weighted by molar-refractivity contribution is -0.118. The van der Waals surface area contributed by atoms with Gasteiger partial charge in [-0.3, -0.25) is 9.36 Å². The summed E-state index contributed by atoms with van der Waals surface area (Å²) in [7, 11) is 0. The van der Waals surface area contributed by atoms with Gasteiger partial charge in [-0.2, -0.15) is 0 Å². The van der Waals surface area contributed by atoms with Crippen molar-refractivity contribution in [1.29, 1.82) is 0 Å². The molecule has 0 spiro atoms. The topological polar surface area (TPSA) is 112 Å². The van der Waals surface area contributed by atoms with Crippen LogP contribution in [-0.4, -0.2) is 39.0 Å². The van der Waals surface area contributed by atoms with E-state index >= 15 is 0 Å². The fourth-order valence-corrected chi connectivity index (χ4v) is 4.61. The van der Waals surface area contributed by atoms with Crippen molar-refractivity contribution < 1.29 is 14.3 Å². The maximum absolute atomic E-state index is 13.0. The van der Waals surface area contributed by atoms with Gasteiger partial charge in [0.2, 0.25) is 11.9 Å². The first-order chi connectivity index (χ1) is 14.5. The van der Waals surface area contributed by atoms with Crippen LogP contribution in [0.2, 0.25) is 0 Å². The first kappa shape index (κ1) is 21.8. The molecule has 0 aliphatic rings. The number of nitrogen functional groups attached to an aromatic ring is 1. The van der Waals surface area contributed by atoms with E-state index in [0.717, 1.165) is 11.3 Å². The number of ether oxygens (including phenoxy) is 1. The van der Waals surface area contributed by atoms with E-state index in [0.29, 0.717) is 21.3 Å². The average molecular weight is 446 g/mol. The van der Waals surface area contributed by atoms with E-state index in [1.807, 2.05) is 42.6 Å². The second-order valence-corrected chi connectivity index (χ2v) is 8.36. The molecule has 30 heavy (non-hydrogen) atoms. The van der Waals surface area contributed by atoms with E-state index in [4.69, 9.17) is 10.5 Å². The number of nitrogens with two attached hydrogens (primary N) is 1. The summed E-state index contributed by atoms with van der Waals surface area (Å²) < 4.78 is 6.82. The summed E-state index contributed by atoms with van der Waals surface area (Å²) in [4.78, 5) is 25.7. The van der Waals surface area contributed by atoms with Crippen molar-refractivity contribution >= 4 is 45.9 Å². The van der Waals surface area contributed by atoms with Crippen molar-refractivity contribution in [2.24, 2.45) is 0 Å². The summed E-state index contributed by atoms with van der Waals surface area (Å²) in [5, 5.41) is 13.6. The molecule has 3 aromatic rings. The van der Waals surface area contributed by atoms with Crippen molar-refractivity contribution in [2.45, 2.75) is 32.0 Å². The summed E-state index contributed by atoms with van der Waals surface area (Å²) in [5.74, 6) is 0.124. The molecular weight excluding hydrogens is 422 g/mol. The van der Waals surface area contributed by atoms with Gasteiger partial charge in [0.1, 0.15) is 16.6 Å². The average Bonchev–Trinajstić information content (AvgIpc) is 3.32. The van der Waals surface area contributed by atoms with Crippen molar-refractivity contribution in [2.75, 3.05) is 23.4 Å². The SMILES string of the molecule is CCOC(=O)c1c(-c2ccccc2)csc1NC(=O)C(C)n1c(N)nnc1SCC. The van der Waals surface area contributed by atoms with E-state index in [1.165, 1.54) is 23.1 Å². The van der Waals surface area contributed by atoms with Gasteiger partial charge in [0, 0.05) is 10.9 Å². The molecule has 1 atom stereocenters. The Morgan fingerprint density at radius 1 is 1.27 bits per heavy atom. The van der Waals surface area contributed by atoms with Crippen molar-refractivity contribution in [3.63, 3.8) is 0 Å². The van der Waals surface area contributed by atoms with Crippen LogP contribution in [0.1, 0.15) is 37.2 Å². The van der Waals surface area contributed by atoms with Crippen molar-refractivity contribution in [1.82, 2.24) is 14.8 Å². The number of carbonyl (C=O) groups is 2. The van der Waals surface area contributed by atoms with Crippen LogP contribution in [-0.2, 0) is 9.53 Å². The monoisotopic (exact) mass is 445 g/mol. The first-order valence-electron chi connectivity index (χ1n) is 9.45. The van der Waals surface area contributed by atoms with Gasteiger partial charge >= 0.3 is 5.97 Å². The zero-order valence-corrected chi connectivity index (χ0v) is 18.5. The molecule has 1 aromatic carbocycles. The van der Waals surface area contributed by atoms with E-state index < -0.39 is 12.0 Å². The standard InChI is InChI=1S/C20H23N5O3S2/c1-4-28-18(27)15-14(13-9-7-6-8-10-13)11-30-17(15)22-16(26)12(3)25-19(21)23-24-20(25)29-5-2/h6-12H,4-5H2,1-3H3,(H2,21,23)(H,22,26). The third-order valence-corrected chi connectivity index (χ3v) is 6.04. The van der Waals surface area contributed by atoms with Crippen LogP contribution in [0.4, 0.5) is 10.9 Å². The molecule has 0 bridgehead atoms. The maximum Gasteiger partial charge on any atom is 0.341 e. The number of carbonyl (C=O) groups excluding carboxylic acids is 2. The lowest BCUT2D eigenvalue weighted by atomic mass is 10.0. The van der Waals surface area contributed by atoms with Crippen LogP contribution < -0.4 is 11.1 Å². The number of anilines is 2. The Hall–Kier alpha value is -2.85. The second-order valence-electron chi connectivity index (χ2n) is 6.25. The van der Waals surface area contributed by atoms with Crippen LogP contribution in [0.25, 0.3) is 11.1 Å². The lowest BCUT2D eigenvalue weighted by Gasteiger charge is -2.16. The molecule has 0 saturated carbocycles. The minimum atomic E-state index is -0.661. The second kappa shape index (κ2) is 9.77. The molecule has 0 aliphatic heterocycles. The zero-order valence-electron chi connectivity index (χ0n) is 16.9. The summed E-state index contributed by atoms with van der Waals surface area (Å²) in [6, 6.07) is 8.84. The molecule has 2 aromatic heterocycles. The molecule has 8 nitrogen and oxygen atoms in total. The van der Waals surface area contributed by atoms with Crippen LogP contribution in [0.5, 0.6) is 0 Å². The number of rotatable bonds is 8. The van der Waals surface area contributed by atoms with E-state index in [2.05, 4.69) is 15.5 Å². The van der Waals surface area contributed by atoms with Crippen LogP contribution in [0, 0.1) is 0 Å². The van der Waals surface area contributed by atoms with Crippen molar-refractivity contribution in [3.05, 3.63) is 41.3 Å². The Morgan fingerprint density at radius 2 is 2.00 bits per heavy atom. The van der Waals surface area contributed by atoms with Gasteiger partial charge in [0.05, 0.1) is 6.61 Å². The number of hydrogen-bond acceptors (Lipinski definition) is 8. The van der Waals surface area contributed by atoms with Gasteiger partial charge in [0.15, 0.2) is 5.16 Å².